The fraction of sp³-hybridized carbons (Fsp3) is 0.533. The van der Waals surface area contributed by atoms with Gasteiger partial charge in [0.25, 0.3) is 5.91 Å². The fourth-order valence-corrected chi connectivity index (χ4v) is 2.09. The monoisotopic (exact) mass is 279 g/mol. The number of nitrogens with one attached hydrogen (secondary N) is 2. The average molecular weight is 279 g/mol. The molecule has 5 heteroatoms. The van der Waals surface area contributed by atoms with Crippen molar-refractivity contribution in [1.82, 2.24) is 5.32 Å². The van der Waals surface area contributed by atoms with E-state index in [0.717, 1.165) is 12.8 Å². The van der Waals surface area contributed by atoms with Crippen molar-refractivity contribution in [3.8, 4) is 0 Å². The predicted molar refractivity (Wildman–Crippen MR) is 82.9 cm³/mol. The maximum atomic E-state index is 12.1. The van der Waals surface area contributed by atoms with Gasteiger partial charge in [-0.15, -0.1) is 0 Å². The summed E-state index contributed by atoms with van der Waals surface area (Å²) >= 11 is 0. The van der Waals surface area contributed by atoms with E-state index in [9.17, 15) is 9.90 Å². The molecule has 0 saturated carbocycles. The number of carbonyl (C=O) groups is 1. The number of nitrogens with two attached hydrogens (primary N) is 1. The highest BCUT2D eigenvalue weighted by atomic mass is 16.3. The van der Waals surface area contributed by atoms with E-state index in [0.29, 0.717) is 23.5 Å². The van der Waals surface area contributed by atoms with E-state index in [1.165, 1.54) is 0 Å². The van der Waals surface area contributed by atoms with Crippen molar-refractivity contribution in [2.75, 3.05) is 24.2 Å². The summed E-state index contributed by atoms with van der Waals surface area (Å²) in [5.41, 5.74) is 7.16. The Labute approximate surface area is 120 Å². The molecule has 0 radical (unpaired) electrons. The number of nitrogen functional groups attached to an aromatic ring is 1. The van der Waals surface area contributed by atoms with Gasteiger partial charge in [0.05, 0.1) is 17.7 Å². The van der Waals surface area contributed by atoms with E-state index >= 15 is 0 Å². The van der Waals surface area contributed by atoms with Crippen LogP contribution in [0.15, 0.2) is 18.2 Å². The number of hydrogen-bond donors (Lipinski definition) is 4. The van der Waals surface area contributed by atoms with Gasteiger partial charge in [-0.1, -0.05) is 13.8 Å². The number of benzene rings is 1. The first-order valence-corrected chi connectivity index (χ1v) is 7.08. The summed E-state index contributed by atoms with van der Waals surface area (Å²) in [6.07, 6.45) is 1.51. The summed E-state index contributed by atoms with van der Waals surface area (Å²) in [6, 6.07) is 5.14. The van der Waals surface area contributed by atoms with Crippen molar-refractivity contribution in [2.45, 2.75) is 39.2 Å². The summed E-state index contributed by atoms with van der Waals surface area (Å²) < 4.78 is 0. The number of hydrogen-bond acceptors (Lipinski definition) is 4. The van der Waals surface area contributed by atoms with E-state index in [4.69, 9.17) is 5.73 Å². The van der Waals surface area contributed by atoms with Gasteiger partial charge in [-0.05, 0) is 38.0 Å². The van der Waals surface area contributed by atoms with Gasteiger partial charge in [0, 0.05) is 17.9 Å². The van der Waals surface area contributed by atoms with Crippen LogP contribution in [-0.4, -0.2) is 29.7 Å². The predicted octanol–water partition coefficient (Wildman–Crippen LogP) is 1.98. The third-order valence-corrected chi connectivity index (χ3v) is 3.68. The summed E-state index contributed by atoms with van der Waals surface area (Å²) in [5, 5.41) is 15.7. The number of anilines is 2. The van der Waals surface area contributed by atoms with E-state index in [1.54, 1.807) is 18.2 Å². The van der Waals surface area contributed by atoms with E-state index in [2.05, 4.69) is 10.6 Å². The Morgan fingerprint density at radius 2 is 1.95 bits per heavy atom. The summed E-state index contributed by atoms with van der Waals surface area (Å²) in [6.45, 7) is 6.45. The van der Waals surface area contributed by atoms with Gasteiger partial charge in [-0.25, -0.2) is 0 Å². The topological polar surface area (TPSA) is 87.4 Å². The van der Waals surface area contributed by atoms with E-state index in [-0.39, 0.29) is 12.5 Å². The summed E-state index contributed by atoms with van der Waals surface area (Å²) in [4.78, 5) is 12.1. The molecule has 0 atom stereocenters. The highest BCUT2D eigenvalue weighted by Crippen LogP contribution is 2.26. The molecule has 0 aromatic heterocycles. The molecule has 1 aromatic carbocycles. The normalized spacial score (nSPS) is 11.2. The van der Waals surface area contributed by atoms with Crippen LogP contribution in [0.5, 0.6) is 0 Å². The first kappa shape index (κ1) is 16.3. The molecule has 0 spiro atoms. The Bertz CT molecular complexity index is 448. The van der Waals surface area contributed by atoms with Crippen LogP contribution in [0.3, 0.4) is 0 Å². The van der Waals surface area contributed by atoms with Crippen LogP contribution in [0.25, 0.3) is 0 Å². The molecule has 1 aromatic rings. The van der Waals surface area contributed by atoms with Crippen molar-refractivity contribution in [3.63, 3.8) is 0 Å². The first-order chi connectivity index (χ1) is 9.51. The number of amides is 1. The minimum Gasteiger partial charge on any atom is -0.399 e. The number of carbonyl (C=O) groups excluding carboxylic acids is 1. The average Bonchev–Trinajstić information content (AvgIpc) is 2.45. The second kappa shape index (κ2) is 7.14. The van der Waals surface area contributed by atoms with Gasteiger partial charge in [0.15, 0.2) is 0 Å². The standard InChI is InChI=1S/C15H25N3O2/c1-4-15(5-2,10-19)18-13-9-11(16)7-8-12(13)14(20)17-6-3/h7-9,18-19H,4-6,10,16H2,1-3H3,(H,17,20). The number of aliphatic hydroxyl groups excluding tert-OH is 1. The zero-order chi connectivity index (χ0) is 15.2. The summed E-state index contributed by atoms with van der Waals surface area (Å²) in [7, 11) is 0. The van der Waals surface area contributed by atoms with Gasteiger partial charge in [0.2, 0.25) is 0 Å². The van der Waals surface area contributed by atoms with Crippen LogP contribution >= 0.6 is 0 Å². The molecular weight excluding hydrogens is 254 g/mol. The van der Waals surface area contributed by atoms with Crippen molar-refractivity contribution >= 4 is 17.3 Å². The lowest BCUT2D eigenvalue weighted by Gasteiger charge is -2.32. The molecule has 0 aliphatic heterocycles. The molecule has 0 heterocycles. The van der Waals surface area contributed by atoms with Crippen molar-refractivity contribution < 1.29 is 9.90 Å². The van der Waals surface area contributed by atoms with Gasteiger partial charge < -0.3 is 21.5 Å². The lowest BCUT2D eigenvalue weighted by Crippen LogP contribution is -2.41. The number of aliphatic hydroxyl groups is 1. The lowest BCUT2D eigenvalue weighted by molar-refractivity contribution is 0.0956. The number of rotatable bonds is 7. The molecule has 0 bridgehead atoms. The van der Waals surface area contributed by atoms with Gasteiger partial charge in [0.1, 0.15) is 0 Å². The molecule has 0 aliphatic rings. The summed E-state index contributed by atoms with van der Waals surface area (Å²) in [5.74, 6) is -0.144. The van der Waals surface area contributed by atoms with Crippen LogP contribution in [-0.2, 0) is 0 Å². The maximum Gasteiger partial charge on any atom is 0.253 e. The third kappa shape index (κ3) is 3.63. The molecular formula is C15H25N3O2. The van der Waals surface area contributed by atoms with Gasteiger partial charge in [-0.3, -0.25) is 4.79 Å². The minimum absolute atomic E-state index is 0.00361. The van der Waals surface area contributed by atoms with Crippen LogP contribution < -0.4 is 16.4 Å². The van der Waals surface area contributed by atoms with Crippen LogP contribution in [0.1, 0.15) is 44.0 Å². The minimum atomic E-state index is -0.435. The molecule has 5 nitrogen and oxygen atoms in total. The Hall–Kier alpha value is -1.75. The second-order valence-corrected chi connectivity index (χ2v) is 4.94. The smallest absolute Gasteiger partial charge is 0.253 e. The van der Waals surface area contributed by atoms with Crippen LogP contribution in [0.4, 0.5) is 11.4 Å². The molecule has 0 fully saturated rings. The van der Waals surface area contributed by atoms with Crippen molar-refractivity contribution in [2.24, 2.45) is 0 Å². The Morgan fingerprint density at radius 3 is 2.45 bits per heavy atom. The molecule has 20 heavy (non-hydrogen) atoms. The lowest BCUT2D eigenvalue weighted by atomic mass is 9.93. The van der Waals surface area contributed by atoms with Crippen LogP contribution in [0, 0.1) is 0 Å². The molecule has 1 amide bonds. The van der Waals surface area contributed by atoms with Crippen molar-refractivity contribution in [1.29, 1.82) is 0 Å². The fourth-order valence-electron chi connectivity index (χ4n) is 2.09. The Balaban J connectivity index is 3.15. The first-order valence-electron chi connectivity index (χ1n) is 7.08. The molecule has 0 saturated heterocycles. The largest absolute Gasteiger partial charge is 0.399 e. The highest BCUT2D eigenvalue weighted by Gasteiger charge is 2.26. The molecule has 5 N–H and O–H groups in total. The zero-order valence-electron chi connectivity index (χ0n) is 12.5. The molecule has 0 unspecified atom stereocenters. The molecule has 112 valence electrons. The van der Waals surface area contributed by atoms with Crippen LogP contribution in [0.2, 0.25) is 0 Å². The maximum absolute atomic E-state index is 12.1. The Morgan fingerprint density at radius 1 is 1.30 bits per heavy atom. The molecule has 0 aliphatic carbocycles. The SMILES string of the molecule is CCNC(=O)c1ccc(N)cc1NC(CC)(CC)CO. The third-order valence-electron chi connectivity index (χ3n) is 3.68. The molecule has 1 rings (SSSR count). The highest BCUT2D eigenvalue weighted by molar-refractivity contribution is 6.00. The van der Waals surface area contributed by atoms with E-state index < -0.39 is 5.54 Å². The van der Waals surface area contributed by atoms with Crippen molar-refractivity contribution in [3.05, 3.63) is 23.8 Å². The second-order valence-electron chi connectivity index (χ2n) is 4.94. The van der Waals surface area contributed by atoms with Gasteiger partial charge >= 0.3 is 0 Å². The van der Waals surface area contributed by atoms with Gasteiger partial charge in [-0.2, -0.15) is 0 Å². The zero-order valence-corrected chi connectivity index (χ0v) is 12.5. The quantitative estimate of drug-likeness (QED) is 0.575. The Kier molecular flexibility index (Phi) is 5.82. The van der Waals surface area contributed by atoms with E-state index in [1.807, 2.05) is 20.8 Å².